The number of rotatable bonds is 6. The number of nitrogens with zero attached hydrogens (tertiary/aromatic N) is 2. The molecule has 0 saturated carbocycles. The van der Waals surface area contributed by atoms with E-state index in [1.54, 1.807) is 6.26 Å². The van der Waals surface area contributed by atoms with Crippen molar-refractivity contribution < 1.29 is 8.95 Å². The average Bonchev–Trinajstić information content (AvgIpc) is 2.79. The molecule has 0 saturated heterocycles. The van der Waals surface area contributed by atoms with Gasteiger partial charge in [0.2, 0.25) is 0 Å². The standard InChI is InChI=1S/C15H21ClN2O2S/c1-5-20-13-8-6-7-12-14(13)17-15(11(3)16)18(12)9-10(2)21(4)19/h6-8,10-11H,5,9H2,1-4H3. The topological polar surface area (TPSA) is 44.1 Å². The van der Waals surface area contributed by atoms with Gasteiger partial charge in [-0.15, -0.1) is 11.6 Å². The molecular weight excluding hydrogens is 308 g/mol. The monoisotopic (exact) mass is 328 g/mol. The third kappa shape index (κ3) is 3.40. The van der Waals surface area contributed by atoms with Gasteiger partial charge < -0.3 is 9.30 Å². The van der Waals surface area contributed by atoms with E-state index in [0.717, 1.165) is 22.6 Å². The minimum Gasteiger partial charge on any atom is -0.492 e. The van der Waals surface area contributed by atoms with Crippen LogP contribution in [0, 0.1) is 0 Å². The van der Waals surface area contributed by atoms with Crippen molar-refractivity contribution in [3.05, 3.63) is 24.0 Å². The minimum absolute atomic E-state index is 0.0346. The highest BCUT2D eigenvalue weighted by atomic mass is 35.5. The van der Waals surface area contributed by atoms with E-state index in [9.17, 15) is 4.21 Å². The van der Waals surface area contributed by atoms with Gasteiger partial charge in [0, 0.05) is 28.9 Å². The summed E-state index contributed by atoms with van der Waals surface area (Å²) in [6, 6.07) is 5.86. The van der Waals surface area contributed by atoms with Gasteiger partial charge in [0.15, 0.2) is 0 Å². The van der Waals surface area contributed by atoms with Crippen LogP contribution < -0.4 is 4.74 Å². The zero-order valence-electron chi connectivity index (χ0n) is 12.8. The number of alkyl halides is 1. The third-order valence-corrected chi connectivity index (χ3v) is 4.91. The highest BCUT2D eigenvalue weighted by Crippen LogP contribution is 2.30. The zero-order valence-corrected chi connectivity index (χ0v) is 14.4. The van der Waals surface area contributed by atoms with Gasteiger partial charge in [0.1, 0.15) is 17.1 Å². The van der Waals surface area contributed by atoms with Crippen molar-refractivity contribution in [3.8, 4) is 5.75 Å². The molecule has 1 heterocycles. The average molecular weight is 329 g/mol. The molecule has 1 aromatic heterocycles. The molecule has 116 valence electrons. The fraction of sp³-hybridized carbons (Fsp3) is 0.533. The molecular formula is C15H21ClN2O2S. The van der Waals surface area contributed by atoms with Crippen molar-refractivity contribution in [3.63, 3.8) is 0 Å². The van der Waals surface area contributed by atoms with Crippen molar-refractivity contribution in [1.29, 1.82) is 0 Å². The molecule has 0 aliphatic carbocycles. The van der Waals surface area contributed by atoms with Gasteiger partial charge >= 0.3 is 0 Å². The number of fused-ring (bicyclic) bond motifs is 1. The summed E-state index contributed by atoms with van der Waals surface area (Å²) in [7, 11) is -0.891. The molecule has 21 heavy (non-hydrogen) atoms. The Labute approximate surface area is 132 Å². The largest absolute Gasteiger partial charge is 0.492 e. The number of benzene rings is 1. The van der Waals surface area contributed by atoms with E-state index < -0.39 is 10.8 Å². The van der Waals surface area contributed by atoms with Crippen LogP contribution in [0.2, 0.25) is 0 Å². The Morgan fingerprint density at radius 1 is 1.43 bits per heavy atom. The Morgan fingerprint density at radius 3 is 2.71 bits per heavy atom. The minimum atomic E-state index is -0.891. The summed E-state index contributed by atoms with van der Waals surface area (Å²) in [5.41, 5.74) is 1.79. The summed E-state index contributed by atoms with van der Waals surface area (Å²) in [6.07, 6.45) is 1.72. The summed E-state index contributed by atoms with van der Waals surface area (Å²) in [4.78, 5) is 4.65. The van der Waals surface area contributed by atoms with E-state index in [0.29, 0.717) is 13.2 Å². The first kappa shape index (κ1) is 16.3. The number of hydrogen-bond acceptors (Lipinski definition) is 3. The van der Waals surface area contributed by atoms with Crippen LogP contribution in [0.15, 0.2) is 18.2 Å². The van der Waals surface area contributed by atoms with Gasteiger partial charge in [0.25, 0.3) is 0 Å². The van der Waals surface area contributed by atoms with E-state index in [2.05, 4.69) is 9.55 Å². The van der Waals surface area contributed by atoms with E-state index in [1.807, 2.05) is 39.0 Å². The fourth-order valence-electron chi connectivity index (χ4n) is 2.27. The number of ether oxygens (including phenoxy) is 1. The van der Waals surface area contributed by atoms with Crippen molar-refractivity contribution in [1.82, 2.24) is 9.55 Å². The number of halogens is 1. The van der Waals surface area contributed by atoms with Crippen molar-refractivity contribution in [2.24, 2.45) is 0 Å². The van der Waals surface area contributed by atoms with Gasteiger partial charge in [-0.3, -0.25) is 4.21 Å². The summed E-state index contributed by atoms with van der Waals surface area (Å²) >= 11 is 6.27. The van der Waals surface area contributed by atoms with Crippen LogP contribution in [0.3, 0.4) is 0 Å². The van der Waals surface area contributed by atoms with Gasteiger partial charge in [-0.2, -0.15) is 0 Å². The first-order valence-corrected chi connectivity index (χ1v) is 9.09. The molecule has 0 N–H and O–H groups in total. The maximum atomic E-state index is 11.7. The predicted octanol–water partition coefficient (Wildman–Crippen LogP) is 3.50. The molecule has 2 aromatic rings. The van der Waals surface area contributed by atoms with E-state index >= 15 is 0 Å². The first-order chi connectivity index (χ1) is 9.95. The highest BCUT2D eigenvalue weighted by Gasteiger charge is 2.20. The molecule has 1 aromatic carbocycles. The van der Waals surface area contributed by atoms with Gasteiger partial charge in [-0.05, 0) is 32.9 Å². The molecule has 3 unspecified atom stereocenters. The number of imidazole rings is 1. The second-order valence-electron chi connectivity index (χ2n) is 5.06. The molecule has 0 amide bonds. The predicted molar refractivity (Wildman–Crippen MR) is 88.7 cm³/mol. The molecule has 0 aliphatic rings. The Kier molecular flexibility index (Phi) is 5.27. The number of aromatic nitrogens is 2. The van der Waals surface area contributed by atoms with E-state index in [4.69, 9.17) is 16.3 Å². The second kappa shape index (κ2) is 6.79. The SMILES string of the molecule is CCOc1cccc2c1nc(C(C)Cl)n2CC(C)S(C)=O. The van der Waals surface area contributed by atoms with E-state index in [-0.39, 0.29) is 10.6 Å². The van der Waals surface area contributed by atoms with Crippen LogP contribution in [-0.2, 0) is 17.3 Å². The lowest BCUT2D eigenvalue weighted by Crippen LogP contribution is -2.19. The molecule has 2 rings (SSSR count). The Bertz CT molecular complexity index is 654. The normalized spacial score (nSPS) is 15.9. The van der Waals surface area contributed by atoms with Gasteiger partial charge in [0.05, 0.1) is 17.5 Å². The van der Waals surface area contributed by atoms with Crippen molar-refractivity contribution in [2.45, 2.75) is 37.9 Å². The highest BCUT2D eigenvalue weighted by molar-refractivity contribution is 7.84. The van der Waals surface area contributed by atoms with Crippen LogP contribution in [-0.4, -0.2) is 31.9 Å². The van der Waals surface area contributed by atoms with Crippen LogP contribution in [0.5, 0.6) is 5.75 Å². The summed E-state index contributed by atoms with van der Waals surface area (Å²) in [5, 5.41) is -0.184. The first-order valence-electron chi connectivity index (χ1n) is 7.04. The maximum absolute atomic E-state index is 11.7. The fourth-order valence-corrected chi connectivity index (χ4v) is 2.79. The maximum Gasteiger partial charge on any atom is 0.147 e. The van der Waals surface area contributed by atoms with Gasteiger partial charge in [-0.1, -0.05) is 6.07 Å². The zero-order chi connectivity index (χ0) is 15.6. The Hall–Kier alpha value is -1.07. The lowest BCUT2D eigenvalue weighted by molar-refractivity contribution is 0.343. The molecule has 0 radical (unpaired) electrons. The molecule has 0 fully saturated rings. The lowest BCUT2D eigenvalue weighted by Gasteiger charge is -2.14. The molecule has 4 nitrogen and oxygen atoms in total. The molecule has 6 heteroatoms. The Balaban J connectivity index is 2.58. The van der Waals surface area contributed by atoms with Gasteiger partial charge in [-0.25, -0.2) is 4.98 Å². The van der Waals surface area contributed by atoms with Crippen molar-refractivity contribution in [2.75, 3.05) is 12.9 Å². The van der Waals surface area contributed by atoms with E-state index in [1.165, 1.54) is 0 Å². The van der Waals surface area contributed by atoms with Crippen molar-refractivity contribution >= 4 is 33.4 Å². The Morgan fingerprint density at radius 2 is 2.14 bits per heavy atom. The van der Waals surface area contributed by atoms with Crippen LogP contribution in [0.25, 0.3) is 11.0 Å². The third-order valence-electron chi connectivity index (χ3n) is 3.43. The molecule has 0 bridgehead atoms. The summed E-state index contributed by atoms with van der Waals surface area (Å²) < 4.78 is 19.4. The molecule has 3 atom stereocenters. The van der Waals surface area contributed by atoms with Crippen LogP contribution >= 0.6 is 11.6 Å². The van der Waals surface area contributed by atoms with Crippen LogP contribution in [0.1, 0.15) is 32.0 Å². The molecule has 0 aliphatic heterocycles. The molecule has 0 spiro atoms. The quantitative estimate of drug-likeness (QED) is 0.762. The summed E-state index contributed by atoms with van der Waals surface area (Å²) in [6.45, 7) is 7.03. The number of hydrogen-bond donors (Lipinski definition) is 0. The lowest BCUT2D eigenvalue weighted by atomic mass is 10.3. The van der Waals surface area contributed by atoms with Crippen LogP contribution in [0.4, 0.5) is 0 Å². The number of para-hydroxylation sites is 1. The summed E-state index contributed by atoms with van der Waals surface area (Å²) in [5.74, 6) is 1.55. The second-order valence-corrected chi connectivity index (χ2v) is 7.52. The smallest absolute Gasteiger partial charge is 0.147 e.